The molecule has 71 heavy (non-hydrogen) atoms. The van der Waals surface area contributed by atoms with Crippen molar-refractivity contribution in [1.29, 1.82) is 0 Å². The lowest BCUT2D eigenvalue weighted by Gasteiger charge is -2.35. The van der Waals surface area contributed by atoms with Crippen LogP contribution in [0, 0.1) is 0 Å². The largest absolute Gasteiger partial charge is 0.310 e. The van der Waals surface area contributed by atoms with E-state index in [1.54, 1.807) is 0 Å². The zero-order chi connectivity index (χ0) is 47.5. The van der Waals surface area contributed by atoms with Crippen molar-refractivity contribution in [3.8, 4) is 66.8 Å². The van der Waals surface area contributed by atoms with Crippen LogP contribution in [0.15, 0.2) is 273 Å². The quantitative estimate of drug-likeness (QED) is 0.139. The van der Waals surface area contributed by atoms with Crippen LogP contribution >= 0.6 is 0 Å². The maximum absolute atomic E-state index is 2.51. The molecule has 1 heteroatoms. The molecule has 0 bridgehead atoms. The summed E-state index contributed by atoms with van der Waals surface area (Å²) in [5.74, 6) is 0. The van der Waals surface area contributed by atoms with E-state index in [0.29, 0.717) is 0 Å². The van der Waals surface area contributed by atoms with E-state index in [9.17, 15) is 0 Å². The van der Waals surface area contributed by atoms with Gasteiger partial charge < -0.3 is 4.90 Å². The van der Waals surface area contributed by atoms with Gasteiger partial charge in [-0.25, -0.2) is 0 Å². The van der Waals surface area contributed by atoms with E-state index in [-0.39, 0.29) is 5.41 Å². The van der Waals surface area contributed by atoms with Crippen LogP contribution in [-0.2, 0) is 10.8 Å². The second kappa shape index (κ2) is 17.0. The molecule has 0 saturated heterocycles. The van der Waals surface area contributed by atoms with Gasteiger partial charge in [-0.15, -0.1) is 0 Å². The molecule has 2 aliphatic carbocycles. The number of fused-ring (bicyclic) bond motifs is 6. The van der Waals surface area contributed by atoms with Gasteiger partial charge in [0, 0.05) is 22.4 Å². The highest BCUT2D eigenvalue weighted by molar-refractivity contribution is 5.95. The minimum atomic E-state index is -0.597. The number of para-hydroxylation sites is 1. The van der Waals surface area contributed by atoms with E-state index >= 15 is 0 Å². The summed E-state index contributed by atoms with van der Waals surface area (Å²) in [5.41, 5.74) is 25.0. The number of hydrogen-bond acceptors (Lipinski definition) is 1. The van der Waals surface area contributed by atoms with E-state index < -0.39 is 5.41 Å². The van der Waals surface area contributed by atoms with E-state index in [1.165, 1.54) is 100 Å². The average Bonchev–Trinajstić information content (AvgIpc) is 3.86. The van der Waals surface area contributed by atoms with Crippen molar-refractivity contribution in [3.63, 3.8) is 0 Å². The van der Waals surface area contributed by atoms with Gasteiger partial charge in [-0.05, 0) is 137 Å². The summed E-state index contributed by atoms with van der Waals surface area (Å²) >= 11 is 0. The van der Waals surface area contributed by atoms with Crippen LogP contribution in [0.25, 0.3) is 66.8 Å². The van der Waals surface area contributed by atoms with Crippen LogP contribution in [0.4, 0.5) is 17.1 Å². The molecule has 0 spiro atoms. The Morgan fingerprint density at radius 2 is 0.592 bits per heavy atom. The molecule has 1 nitrogen and oxygen atoms in total. The third kappa shape index (κ3) is 6.91. The molecule has 0 atom stereocenters. The summed E-state index contributed by atoms with van der Waals surface area (Å²) in [5, 5.41) is 0. The van der Waals surface area contributed by atoms with Gasteiger partial charge in [0.15, 0.2) is 0 Å². The molecule has 0 amide bonds. The fourth-order valence-electron chi connectivity index (χ4n) is 11.9. The second-order valence-corrected chi connectivity index (χ2v) is 19.6. The molecule has 11 aromatic carbocycles. The van der Waals surface area contributed by atoms with Crippen molar-refractivity contribution < 1.29 is 0 Å². The Morgan fingerprint density at radius 3 is 1.13 bits per heavy atom. The molecule has 2 aliphatic rings. The first-order valence-corrected chi connectivity index (χ1v) is 24.8. The zero-order valence-electron chi connectivity index (χ0n) is 39.9. The van der Waals surface area contributed by atoms with Crippen molar-refractivity contribution in [3.05, 3.63) is 306 Å². The number of rotatable bonds is 9. The van der Waals surface area contributed by atoms with E-state index in [1.807, 2.05) is 0 Å². The number of benzene rings is 11. The third-order valence-electron chi connectivity index (χ3n) is 15.4. The van der Waals surface area contributed by atoms with Gasteiger partial charge in [0.1, 0.15) is 0 Å². The van der Waals surface area contributed by atoms with Gasteiger partial charge in [-0.2, -0.15) is 0 Å². The van der Waals surface area contributed by atoms with Crippen molar-refractivity contribution >= 4 is 17.1 Å². The van der Waals surface area contributed by atoms with Gasteiger partial charge in [-0.1, -0.05) is 244 Å². The molecule has 0 heterocycles. The summed E-state index contributed by atoms with van der Waals surface area (Å²) < 4.78 is 0. The molecule has 0 fully saturated rings. The Kier molecular flexibility index (Phi) is 10.1. The van der Waals surface area contributed by atoms with Gasteiger partial charge in [0.05, 0.1) is 11.1 Å². The first kappa shape index (κ1) is 42.3. The van der Waals surface area contributed by atoms with Crippen LogP contribution < -0.4 is 4.90 Å². The molecule has 0 N–H and O–H groups in total. The summed E-state index contributed by atoms with van der Waals surface area (Å²) in [6.45, 7) is 4.80. The molecule has 0 saturated carbocycles. The molecule has 13 rings (SSSR count). The summed E-state index contributed by atoms with van der Waals surface area (Å²) in [6.07, 6.45) is 0. The van der Waals surface area contributed by atoms with Crippen LogP contribution in [0.2, 0.25) is 0 Å². The number of nitrogens with zero attached hydrogens (tertiary/aromatic N) is 1. The minimum absolute atomic E-state index is 0.253. The Hall–Kier alpha value is -8.78. The maximum atomic E-state index is 2.51. The summed E-state index contributed by atoms with van der Waals surface area (Å²) in [4.78, 5) is 2.51. The first-order chi connectivity index (χ1) is 35.0. The third-order valence-corrected chi connectivity index (χ3v) is 15.4. The highest BCUT2D eigenvalue weighted by Crippen LogP contribution is 2.59. The van der Waals surface area contributed by atoms with Crippen molar-refractivity contribution in [1.82, 2.24) is 0 Å². The highest BCUT2D eigenvalue weighted by atomic mass is 15.1. The predicted octanol–water partition coefficient (Wildman–Crippen LogP) is 18.5. The highest BCUT2D eigenvalue weighted by Gasteiger charge is 2.47. The number of hydrogen-bond donors (Lipinski definition) is 0. The average molecular weight is 906 g/mol. The Morgan fingerprint density at radius 1 is 0.254 bits per heavy atom. The van der Waals surface area contributed by atoms with Crippen LogP contribution in [0.3, 0.4) is 0 Å². The zero-order valence-corrected chi connectivity index (χ0v) is 39.9. The molecule has 336 valence electrons. The van der Waals surface area contributed by atoms with Gasteiger partial charge in [-0.3, -0.25) is 0 Å². The predicted molar refractivity (Wildman–Crippen MR) is 298 cm³/mol. The Balaban J connectivity index is 0.994. The fourth-order valence-corrected chi connectivity index (χ4v) is 11.9. The molecular formula is C70H51N. The van der Waals surface area contributed by atoms with Crippen molar-refractivity contribution in [2.45, 2.75) is 24.7 Å². The van der Waals surface area contributed by atoms with Crippen molar-refractivity contribution in [2.24, 2.45) is 0 Å². The molecule has 0 radical (unpaired) electrons. The van der Waals surface area contributed by atoms with E-state index in [4.69, 9.17) is 0 Å². The topological polar surface area (TPSA) is 3.24 Å². The normalized spacial score (nSPS) is 13.4. The SMILES string of the molecule is CC1(C)c2cc(-c3ccc(-c4ccccc4)cc3)ccc2-c2ccc(N(c3ccc4c(c3)C(c3ccccc3)(c3ccccc3)c3cc(-c5ccccc5)ccc3-4)c3ccccc3-c3ccccc3)cc21. The standard InChI is InChI=1S/C70H51N/c1-69(2)64-44-53(51-34-32-50(33-35-51)48-20-8-3-9-21-48)36-40-60(64)61-42-38-57(46-65(61)69)71(68-31-19-18-30-59(68)52-24-12-5-13-25-52)58-39-43-63-62-41-37-54(49-22-10-4-11-23-49)45-66(62)70(67(63)47-58,55-26-14-6-15-27-55)56-28-16-7-17-29-56/h3-47H,1-2H3. The smallest absolute Gasteiger partial charge is 0.0714 e. The maximum Gasteiger partial charge on any atom is 0.0714 e. The minimum Gasteiger partial charge on any atom is -0.310 e. The molecule has 0 aliphatic heterocycles. The van der Waals surface area contributed by atoms with Gasteiger partial charge in [0.2, 0.25) is 0 Å². The lowest BCUT2D eigenvalue weighted by Crippen LogP contribution is -2.29. The second-order valence-electron chi connectivity index (χ2n) is 19.6. The summed E-state index contributed by atoms with van der Waals surface area (Å²) in [6, 6.07) is 101. The van der Waals surface area contributed by atoms with Gasteiger partial charge >= 0.3 is 0 Å². The van der Waals surface area contributed by atoms with Crippen molar-refractivity contribution in [2.75, 3.05) is 4.90 Å². The summed E-state index contributed by atoms with van der Waals surface area (Å²) in [7, 11) is 0. The van der Waals surface area contributed by atoms with Gasteiger partial charge in [0.25, 0.3) is 0 Å². The molecule has 0 unspecified atom stereocenters. The number of anilines is 3. The van der Waals surface area contributed by atoms with Crippen LogP contribution in [0.5, 0.6) is 0 Å². The van der Waals surface area contributed by atoms with Crippen LogP contribution in [-0.4, -0.2) is 0 Å². The molecular weight excluding hydrogens is 855 g/mol. The van der Waals surface area contributed by atoms with E-state index in [2.05, 4.69) is 292 Å². The van der Waals surface area contributed by atoms with Crippen LogP contribution in [0.1, 0.15) is 47.2 Å². The van der Waals surface area contributed by atoms with E-state index in [0.717, 1.165) is 17.1 Å². The lowest BCUT2D eigenvalue weighted by molar-refractivity contribution is 0.660. The monoisotopic (exact) mass is 905 g/mol. The fraction of sp³-hybridized carbons (Fsp3) is 0.0571. The molecule has 11 aromatic rings. The first-order valence-electron chi connectivity index (χ1n) is 24.8. The lowest BCUT2D eigenvalue weighted by atomic mass is 9.67. The molecule has 0 aromatic heterocycles. The Bertz CT molecular complexity index is 3700. The Labute approximate surface area is 417 Å².